The fourth-order valence-electron chi connectivity index (χ4n) is 5.96. The Balaban J connectivity index is 1.16. The predicted molar refractivity (Wildman–Crippen MR) is 165 cm³/mol. The molecule has 40 heavy (non-hydrogen) atoms. The Morgan fingerprint density at radius 2 is 1.55 bits per heavy atom. The highest BCUT2D eigenvalue weighted by Gasteiger charge is 2.49. The molecule has 208 valence electrons. The largest absolute Gasteiger partial charge is 0.372 e. The van der Waals surface area contributed by atoms with Crippen molar-refractivity contribution in [3.8, 4) is 0 Å². The first-order valence-corrected chi connectivity index (χ1v) is 16.8. The molecule has 6 rings (SSSR count). The zero-order valence-electron chi connectivity index (χ0n) is 22.2. The number of aliphatic imine (C=N–C) groups is 1. The van der Waals surface area contributed by atoms with E-state index in [0.29, 0.717) is 16.1 Å². The van der Waals surface area contributed by atoms with E-state index in [9.17, 15) is 13.2 Å². The van der Waals surface area contributed by atoms with Crippen molar-refractivity contribution in [1.82, 2.24) is 0 Å². The van der Waals surface area contributed by atoms with Gasteiger partial charge in [0.1, 0.15) is 0 Å². The van der Waals surface area contributed by atoms with E-state index in [1.165, 1.54) is 23.0 Å². The number of amides is 1. The third-order valence-corrected chi connectivity index (χ3v) is 11.5. The minimum atomic E-state index is -3.13. The van der Waals surface area contributed by atoms with Crippen LogP contribution in [-0.2, 0) is 27.5 Å². The van der Waals surface area contributed by atoms with E-state index >= 15 is 0 Å². The van der Waals surface area contributed by atoms with Gasteiger partial charge in [-0.2, -0.15) is 4.99 Å². The summed E-state index contributed by atoms with van der Waals surface area (Å²) in [6.07, 6.45) is 3.62. The van der Waals surface area contributed by atoms with Crippen molar-refractivity contribution in [1.29, 1.82) is 0 Å². The molecule has 0 aromatic heterocycles. The molecule has 3 aromatic rings. The number of sulfone groups is 1. The number of hydrogen-bond donors (Lipinski definition) is 0. The molecule has 0 N–H and O–H groups in total. The topological polar surface area (TPSA) is 70.0 Å². The molecular formula is C31H32ClN3O3S2. The van der Waals surface area contributed by atoms with Crippen LogP contribution < -0.4 is 9.80 Å². The standard InChI is InChI=1S/C31H32ClN3O3S2/c32-25-8-6-23(7-9-25)19-30(36)33-31-35(28-20-40(37,38)21-29(28)39-31)27-12-10-26(11-13-27)34-16-14-24(15-17-34)18-22-4-2-1-3-5-22/h1-13,24,28-29H,14-21H2. The molecule has 3 aromatic carbocycles. The Morgan fingerprint density at radius 1 is 0.875 bits per heavy atom. The number of rotatable bonds is 6. The second kappa shape index (κ2) is 11.6. The first kappa shape index (κ1) is 27.4. The minimum absolute atomic E-state index is 0.0751. The predicted octanol–water partition coefficient (Wildman–Crippen LogP) is 5.64. The second-order valence-electron chi connectivity index (χ2n) is 10.9. The smallest absolute Gasteiger partial charge is 0.252 e. The highest BCUT2D eigenvalue weighted by molar-refractivity contribution is 8.16. The van der Waals surface area contributed by atoms with Crippen LogP contribution >= 0.6 is 23.4 Å². The zero-order chi connectivity index (χ0) is 27.7. The van der Waals surface area contributed by atoms with Crippen molar-refractivity contribution in [2.45, 2.75) is 37.0 Å². The number of halogens is 1. The van der Waals surface area contributed by atoms with Gasteiger partial charge < -0.3 is 9.80 Å². The van der Waals surface area contributed by atoms with Crippen LogP contribution in [0.25, 0.3) is 0 Å². The van der Waals surface area contributed by atoms with Gasteiger partial charge in [0.05, 0.1) is 24.0 Å². The van der Waals surface area contributed by atoms with Crippen LogP contribution in [0, 0.1) is 5.92 Å². The van der Waals surface area contributed by atoms with Crippen molar-refractivity contribution < 1.29 is 13.2 Å². The number of amidine groups is 1. The second-order valence-corrected chi connectivity index (χ2v) is 14.7. The summed E-state index contributed by atoms with van der Waals surface area (Å²) in [5.41, 5.74) is 4.29. The van der Waals surface area contributed by atoms with Crippen LogP contribution in [0.3, 0.4) is 0 Å². The zero-order valence-corrected chi connectivity index (χ0v) is 24.5. The molecule has 3 aliphatic rings. The number of anilines is 2. The van der Waals surface area contributed by atoms with E-state index in [2.05, 4.69) is 52.4 Å². The molecule has 9 heteroatoms. The van der Waals surface area contributed by atoms with Crippen LogP contribution in [0.1, 0.15) is 24.0 Å². The van der Waals surface area contributed by atoms with Crippen LogP contribution in [0.5, 0.6) is 0 Å². The molecule has 1 amide bonds. The molecular weight excluding hydrogens is 562 g/mol. The van der Waals surface area contributed by atoms with E-state index < -0.39 is 9.84 Å². The van der Waals surface area contributed by atoms with Crippen molar-refractivity contribution >= 4 is 55.6 Å². The molecule has 3 saturated heterocycles. The number of nitrogens with zero attached hydrogens (tertiary/aromatic N) is 3. The first-order chi connectivity index (χ1) is 19.3. The summed E-state index contributed by atoms with van der Waals surface area (Å²) in [6.45, 7) is 2.04. The summed E-state index contributed by atoms with van der Waals surface area (Å²) >= 11 is 7.38. The van der Waals surface area contributed by atoms with Gasteiger partial charge in [0.2, 0.25) is 0 Å². The van der Waals surface area contributed by atoms with E-state index in [1.54, 1.807) is 12.1 Å². The number of hydrogen-bond acceptors (Lipinski definition) is 5. The number of piperidine rings is 1. The molecule has 0 spiro atoms. The summed E-state index contributed by atoms with van der Waals surface area (Å²) in [5, 5.41) is 1.07. The highest BCUT2D eigenvalue weighted by atomic mass is 35.5. The minimum Gasteiger partial charge on any atom is -0.372 e. The Hall–Kier alpha value is -2.81. The van der Waals surface area contributed by atoms with E-state index in [1.807, 2.05) is 29.2 Å². The quantitative estimate of drug-likeness (QED) is 0.368. The lowest BCUT2D eigenvalue weighted by molar-refractivity contribution is -0.117. The SMILES string of the molecule is O=C(Cc1ccc(Cl)cc1)N=C1SC2CS(=O)(=O)CC2N1c1ccc(N2CCC(Cc3ccccc3)CC2)cc1. The molecule has 0 saturated carbocycles. The molecule has 0 aliphatic carbocycles. The molecule has 0 radical (unpaired) electrons. The van der Waals surface area contributed by atoms with E-state index in [-0.39, 0.29) is 35.1 Å². The molecule has 2 unspecified atom stereocenters. The first-order valence-electron chi connectivity index (χ1n) is 13.7. The number of benzene rings is 3. The molecule has 6 nitrogen and oxygen atoms in total. The lowest BCUT2D eigenvalue weighted by atomic mass is 9.90. The average molecular weight is 594 g/mol. The van der Waals surface area contributed by atoms with E-state index in [4.69, 9.17) is 11.6 Å². The number of thioether (sulfide) groups is 1. The normalized spacial score (nSPS) is 23.5. The monoisotopic (exact) mass is 593 g/mol. The van der Waals surface area contributed by atoms with Gasteiger partial charge in [-0.05, 0) is 72.7 Å². The highest BCUT2D eigenvalue weighted by Crippen LogP contribution is 2.41. The number of fused-ring (bicyclic) bond motifs is 1. The maximum absolute atomic E-state index is 12.9. The molecule has 3 aliphatic heterocycles. The van der Waals surface area contributed by atoms with Gasteiger partial charge >= 0.3 is 0 Å². The van der Waals surface area contributed by atoms with Gasteiger partial charge in [0.15, 0.2) is 15.0 Å². The summed E-state index contributed by atoms with van der Waals surface area (Å²) < 4.78 is 24.9. The van der Waals surface area contributed by atoms with Gasteiger partial charge in [-0.25, -0.2) is 8.42 Å². The fourth-order valence-corrected chi connectivity index (χ4v) is 10.0. The van der Waals surface area contributed by atoms with Crippen molar-refractivity contribution in [2.75, 3.05) is 34.4 Å². The molecule has 0 bridgehead atoms. The van der Waals surface area contributed by atoms with Gasteiger partial charge in [-0.15, -0.1) is 0 Å². The van der Waals surface area contributed by atoms with Crippen LogP contribution in [0.4, 0.5) is 11.4 Å². The maximum atomic E-state index is 12.9. The third kappa shape index (κ3) is 6.24. The average Bonchev–Trinajstić information content (AvgIpc) is 3.41. The lowest BCUT2D eigenvalue weighted by Crippen LogP contribution is -2.38. The van der Waals surface area contributed by atoms with Gasteiger partial charge in [0, 0.05) is 34.7 Å². The van der Waals surface area contributed by atoms with Crippen molar-refractivity contribution in [3.63, 3.8) is 0 Å². The Morgan fingerprint density at radius 3 is 2.25 bits per heavy atom. The fraction of sp³-hybridized carbons (Fsp3) is 0.355. The van der Waals surface area contributed by atoms with Crippen LogP contribution in [0.2, 0.25) is 5.02 Å². The van der Waals surface area contributed by atoms with Gasteiger partial charge in [-0.1, -0.05) is 65.8 Å². The number of carbonyl (C=O) groups is 1. The molecule has 3 fully saturated rings. The van der Waals surface area contributed by atoms with E-state index in [0.717, 1.165) is 43.6 Å². The lowest BCUT2D eigenvalue weighted by Gasteiger charge is -2.34. The molecule has 2 atom stereocenters. The Bertz CT molecular complexity index is 1490. The van der Waals surface area contributed by atoms with Crippen LogP contribution in [-0.4, -0.2) is 55.4 Å². The Kier molecular flexibility index (Phi) is 7.93. The molecule has 3 heterocycles. The maximum Gasteiger partial charge on any atom is 0.252 e. The third-order valence-electron chi connectivity index (χ3n) is 8.03. The summed E-state index contributed by atoms with van der Waals surface area (Å²) in [4.78, 5) is 21.8. The van der Waals surface area contributed by atoms with Crippen molar-refractivity contribution in [2.24, 2.45) is 10.9 Å². The Labute approximate surface area is 245 Å². The summed E-state index contributed by atoms with van der Waals surface area (Å²) in [5.74, 6) is 0.628. The van der Waals surface area contributed by atoms with Gasteiger partial charge in [-0.3, -0.25) is 4.79 Å². The van der Waals surface area contributed by atoms with Crippen LogP contribution in [0.15, 0.2) is 83.9 Å². The summed E-state index contributed by atoms with van der Waals surface area (Å²) in [6, 6.07) is 26.0. The summed E-state index contributed by atoms with van der Waals surface area (Å²) in [7, 11) is -3.13. The van der Waals surface area contributed by atoms with Gasteiger partial charge in [0.25, 0.3) is 5.91 Å². The van der Waals surface area contributed by atoms with Crippen molar-refractivity contribution in [3.05, 3.63) is 95.0 Å². The number of carbonyl (C=O) groups excluding carboxylic acids is 1.